The van der Waals surface area contributed by atoms with Crippen LogP contribution in [-0.4, -0.2) is 39.5 Å². The van der Waals surface area contributed by atoms with Gasteiger partial charge in [-0.15, -0.1) is 0 Å². The standard InChI is InChI=1S/C24H22ClN3O3/c25-21-12-13-22(29)28(26-21)16-23(30)27-14-4-7-20(15-27)24(31)19-10-8-18(9-11-19)17-5-2-1-3-6-17/h1-3,5-6,8-13,20H,4,7,14-16H2/t20-/m0/s1. The van der Waals surface area contributed by atoms with E-state index in [0.717, 1.165) is 28.7 Å². The highest BCUT2D eigenvalue weighted by molar-refractivity contribution is 6.29. The largest absolute Gasteiger partial charge is 0.340 e. The lowest BCUT2D eigenvalue weighted by Crippen LogP contribution is -2.44. The first-order chi connectivity index (χ1) is 15.0. The molecule has 0 bridgehead atoms. The van der Waals surface area contributed by atoms with E-state index in [1.807, 2.05) is 54.6 Å². The summed E-state index contributed by atoms with van der Waals surface area (Å²) in [6, 6.07) is 20.3. The average Bonchev–Trinajstić information content (AvgIpc) is 2.81. The van der Waals surface area contributed by atoms with Crippen molar-refractivity contribution in [2.45, 2.75) is 19.4 Å². The molecule has 0 radical (unpaired) electrons. The van der Waals surface area contributed by atoms with E-state index >= 15 is 0 Å². The molecule has 1 atom stereocenters. The monoisotopic (exact) mass is 435 g/mol. The van der Waals surface area contributed by atoms with E-state index in [1.54, 1.807) is 4.90 Å². The molecule has 158 valence electrons. The summed E-state index contributed by atoms with van der Waals surface area (Å²) >= 11 is 5.83. The van der Waals surface area contributed by atoms with Gasteiger partial charge in [-0.1, -0.05) is 66.2 Å². The van der Waals surface area contributed by atoms with Gasteiger partial charge in [0.15, 0.2) is 5.78 Å². The Labute approximate surface area is 185 Å². The zero-order chi connectivity index (χ0) is 21.8. The molecule has 0 unspecified atom stereocenters. The maximum absolute atomic E-state index is 13.0. The van der Waals surface area contributed by atoms with Crippen LogP contribution in [0.1, 0.15) is 23.2 Å². The third-order valence-electron chi connectivity index (χ3n) is 5.54. The van der Waals surface area contributed by atoms with Crippen molar-refractivity contribution >= 4 is 23.3 Å². The number of hydrogen-bond acceptors (Lipinski definition) is 4. The van der Waals surface area contributed by atoms with Gasteiger partial charge < -0.3 is 4.90 Å². The van der Waals surface area contributed by atoms with Crippen molar-refractivity contribution in [2.24, 2.45) is 5.92 Å². The lowest BCUT2D eigenvalue weighted by atomic mass is 9.89. The first-order valence-corrected chi connectivity index (χ1v) is 10.6. The first kappa shape index (κ1) is 21.0. The van der Waals surface area contributed by atoms with E-state index < -0.39 is 0 Å². The van der Waals surface area contributed by atoms with E-state index in [1.165, 1.54) is 12.1 Å². The van der Waals surface area contributed by atoms with Gasteiger partial charge in [-0.25, -0.2) is 4.68 Å². The number of amides is 1. The fraction of sp³-hybridized carbons (Fsp3) is 0.250. The maximum Gasteiger partial charge on any atom is 0.267 e. The molecule has 1 saturated heterocycles. The molecule has 1 amide bonds. The summed E-state index contributed by atoms with van der Waals surface area (Å²) in [6.07, 6.45) is 1.47. The molecule has 7 heteroatoms. The zero-order valence-corrected chi connectivity index (χ0v) is 17.7. The molecule has 2 heterocycles. The van der Waals surface area contributed by atoms with Gasteiger partial charge in [0.1, 0.15) is 11.7 Å². The third-order valence-corrected chi connectivity index (χ3v) is 5.74. The van der Waals surface area contributed by atoms with Gasteiger partial charge in [0.25, 0.3) is 5.56 Å². The maximum atomic E-state index is 13.0. The van der Waals surface area contributed by atoms with Gasteiger partial charge in [-0.2, -0.15) is 5.10 Å². The summed E-state index contributed by atoms with van der Waals surface area (Å²) in [7, 11) is 0. The number of likely N-dealkylation sites (tertiary alicyclic amines) is 1. The number of benzene rings is 2. The summed E-state index contributed by atoms with van der Waals surface area (Å²) in [4.78, 5) is 39.3. The van der Waals surface area contributed by atoms with E-state index in [-0.39, 0.29) is 34.9 Å². The Balaban J connectivity index is 1.43. The van der Waals surface area contributed by atoms with E-state index in [2.05, 4.69) is 5.10 Å². The number of ketones is 1. The molecule has 6 nitrogen and oxygen atoms in total. The van der Waals surface area contributed by atoms with Crippen LogP contribution >= 0.6 is 11.6 Å². The van der Waals surface area contributed by atoms with Crippen molar-refractivity contribution in [3.05, 3.63) is 87.8 Å². The minimum absolute atomic E-state index is 0.0372. The molecule has 1 aromatic heterocycles. The number of carbonyl (C=O) groups is 2. The minimum Gasteiger partial charge on any atom is -0.340 e. The second-order valence-electron chi connectivity index (χ2n) is 7.64. The summed E-state index contributed by atoms with van der Waals surface area (Å²) < 4.78 is 1.05. The van der Waals surface area contributed by atoms with Crippen LogP contribution in [0, 0.1) is 5.92 Å². The van der Waals surface area contributed by atoms with Crippen molar-refractivity contribution in [3.63, 3.8) is 0 Å². The molecule has 3 aromatic rings. The van der Waals surface area contributed by atoms with Crippen molar-refractivity contribution in [2.75, 3.05) is 13.1 Å². The van der Waals surface area contributed by atoms with Crippen LogP contribution in [-0.2, 0) is 11.3 Å². The Morgan fingerprint density at radius 1 is 0.968 bits per heavy atom. The molecular formula is C24H22ClN3O3. The smallest absolute Gasteiger partial charge is 0.267 e. The highest BCUT2D eigenvalue weighted by Crippen LogP contribution is 2.24. The highest BCUT2D eigenvalue weighted by Gasteiger charge is 2.29. The molecule has 4 rings (SSSR count). The number of hydrogen-bond donors (Lipinski definition) is 0. The lowest BCUT2D eigenvalue weighted by molar-refractivity contribution is -0.133. The second kappa shape index (κ2) is 9.27. The number of Topliss-reactive ketones (excluding diaryl/α,β-unsaturated/α-hetero) is 1. The van der Waals surface area contributed by atoms with Gasteiger partial charge in [-0.05, 0) is 30.0 Å². The predicted molar refractivity (Wildman–Crippen MR) is 119 cm³/mol. The van der Waals surface area contributed by atoms with Gasteiger partial charge in [0.2, 0.25) is 5.91 Å². The molecule has 0 spiro atoms. The Hall–Kier alpha value is -3.25. The van der Waals surface area contributed by atoms with E-state index in [0.29, 0.717) is 18.7 Å². The Morgan fingerprint density at radius 3 is 2.42 bits per heavy atom. The van der Waals surface area contributed by atoms with Crippen LogP contribution in [0.2, 0.25) is 5.15 Å². The van der Waals surface area contributed by atoms with Crippen molar-refractivity contribution in [1.82, 2.24) is 14.7 Å². The van der Waals surface area contributed by atoms with Crippen molar-refractivity contribution in [1.29, 1.82) is 0 Å². The number of rotatable bonds is 5. The van der Waals surface area contributed by atoms with Crippen LogP contribution in [0.3, 0.4) is 0 Å². The fourth-order valence-corrected chi connectivity index (χ4v) is 4.03. The van der Waals surface area contributed by atoms with Gasteiger partial charge in [0.05, 0.1) is 0 Å². The lowest BCUT2D eigenvalue weighted by Gasteiger charge is -2.32. The molecule has 0 saturated carbocycles. The molecule has 1 fully saturated rings. The van der Waals surface area contributed by atoms with Gasteiger partial charge in [0, 0.05) is 30.6 Å². The molecule has 0 aliphatic carbocycles. The summed E-state index contributed by atoms with van der Waals surface area (Å²) in [5.74, 6) is -0.465. The molecule has 2 aromatic carbocycles. The van der Waals surface area contributed by atoms with Crippen LogP contribution in [0.15, 0.2) is 71.5 Å². The van der Waals surface area contributed by atoms with Crippen LogP contribution < -0.4 is 5.56 Å². The Morgan fingerprint density at radius 2 is 1.68 bits per heavy atom. The average molecular weight is 436 g/mol. The quantitative estimate of drug-likeness (QED) is 0.573. The number of aromatic nitrogens is 2. The predicted octanol–water partition coefficient (Wildman–Crippen LogP) is 3.69. The molecule has 31 heavy (non-hydrogen) atoms. The molecule has 1 aliphatic rings. The van der Waals surface area contributed by atoms with Crippen molar-refractivity contribution in [3.8, 4) is 11.1 Å². The fourth-order valence-electron chi connectivity index (χ4n) is 3.88. The topological polar surface area (TPSA) is 72.3 Å². The van der Waals surface area contributed by atoms with E-state index in [9.17, 15) is 14.4 Å². The van der Waals surface area contributed by atoms with Crippen LogP contribution in [0.4, 0.5) is 0 Å². The van der Waals surface area contributed by atoms with Gasteiger partial charge in [-0.3, -0.25) is 14.4 Å². The summed E-state index contributed by atoms with van der Waals surface area (Å²) in [5.41, 5.74) is 2.41. The first-order valence-electron chi connectivity index (χ1n) is 10.2. The molecule has 0 N–H and O–H groups in total. The number of halogens is 1. The van der Waals surface area contributed by atoms with Crippen LogP contribution in [0.5, 0.6) is 0 Å². The number of piperidine rings is 1. The highest BCUT2D eigenvalue weighted by atomic mass is 35.5. The second-order valence-corrected chi connectivity index (χ2v) is 8.03. The zero-order valence-electron chi connectivity index (χ0n) is 16.9. The normalized spacial score (nSPS) is 16.2. The summed E-state index contributed by atoms with van der Waals surface area (Å²) in [6.45, 7) is 0.713. The number of carbonyl (C=O) groups excluding carboxylic acids is 2. The van der Waals surface area contributed by atoms with E-state index in [4.69, 9.17) is 11.6 Å². The Bertz CT molecular complexity index is 1140. The SMILES string of the molecule is O=C(c1ccc(-c2ccccc2)cc1)[C@H]1CCCN(C(=O)Cn2nc(Cl)ccc2=O)C1. The molecule has 1 aliphatic heterocycles. The third kappa shape index (κ3) is 4.91. The number of nitrogens with zero attached hydrogens (tertiary/aromatic N) is 3. The van der Waals surface area contributed by atoms with Crippen molar-refractivity contribution < 1.29 is 9.59 Å². The minimum atomic E-state index is -0.388. The summed E-state index contributed by atoms with van der Waals surface area (Å²) in [5, 5.41) is 4.05. The van der Waals surface area contributed by atoms with Gasteiger partial charge >= 0.3 is 0 Å². The Kier molecular flexibility index (Phi) is 6.28. The van der Waals surface area contributed by atoms with Crippen LogP contribution in [0.25, 0.3) is 11.1 Å². The molecular weight excluding hydrogens is 414 g/mol.